The molecule has 0 saturated carbocycles. The first-order valence-corrected chi connectivity index (χ1v) is 8.09. The van der Waals surface area contributed by atoms with Crippen LogP contribution in [0.25, 0.3) is 0 Å². The van der Waals surface area contributed by atoms with Crippen LogP contribution in [0.3, 0.4) is 0 Å². The minimum Gasteiger partial charge on any atom is -0.493 e. The lowest BCUT2D eigenvalue weighted by Gasteiger charge is -2.11. The highest BCUT2D eigenvalue weighted by molar-refractivity contribution is 5.57. The maximum absolute atomic E-state index is 13.3. The average molecular weight is 372 g/mol. The van der Waals surface area contributed by atoms with Gasteiger partial charge in [-0.3, -0.25) is 0 Å². The van der Waals surface area contributed by atoms with Crippen molar-refractivity contribution in [1.82, 2.24) is 9.97 Å². The number of hydrogen-bond donors (Lipinski definition) is 2. The van der Waals surface area contributed by atoms with Gasteiger partial charge >= 0.3 is 0 Å². The number of methoxy groups -OCH3 is 2. The Morgan fingerprint density at radius 1 is 0.926 bits per heavy atom. The number of aromatic nitrogens is 2. The van der Waals surface area contributed by atoms with Gasteiger partial charge in [-0.05, 0) is 35.9 Å². The van der Waals surface area contributed by atoms with Crippen molar-refractivity contribution in [3.63, 3.8) is 0 Å². The Bertz CT molecular complexity index is 937. The van der Waals surface area contributed by atoms with Gasteiger partial charge in [-0.1, -0.05) is 6.07 Å². The number of nitrogens with one attached hydrogen (secondary N) is 2. The van der Waals surface area contributed by atoms with E-state index in [4.69, 9.17) is 9.47 Å². The van der Waals surface area contributed by atoms with Gasteiger partial charge in [0.15, 0.2) is 23.1 Å². The molecule has 27 heavy (non-hydrogen) atoms. The largest absolute Gasteiger partial charge is 0.493 e. The third-order valence-corrected chi connectivity index (χ3v) is 3.75. The molecule has 0 aliphatic rings. The molecule has 1 aromatic heterocycles. The fraction of sp³-hybridized carbons (Fsp3) is 0.158. The number of nitrogens with zero attached hydrogens (tertiary/aromatic N) is 2. The first-order valence-electron chi connectivity index (χ1n) is 8.09. The van der Waals surface area contributed by atoms with Crippen molar-refractivity contribution < 1.29 is 18.3 Å². The van der Waals surface area contributed by atoms with Crippen LogP contribution in [0.1, 0.15) is 5.56 Å². The quantitative estimate of drug-likeness (QED) is 0.650. The topological polar surface area (TPSA) is 68.3 Å². The molecule has 0 aliphatic heterocycles. The molecule has 0 bridgehead atoms. The summed E-state index contributed by atoms with van der Waals surface area (Å²) >= 11 is 0. The van der Waals surface area contributed by atoms with Crippen LogP contribution >= 0.6 is 0 Å². The number of hydrogen-bond acceptors (Lipinski definition) is 6. The summed E-state index contributed by atoms with van der Waals surface area (Å²) < 4.78 is 36.8. The highest BCUT2D eigenvalue weighted by Crippen LogP contribution is 2.27. The van der Waals surface area contributed by atoms with Crippen LogP contribution in [-0.2, 0) is 6.54 Å². The summed E-state index contributed by atoms with van der Waals surface area (Å²) in [4.78, 5) is 8.46. The predicted octanol–water partition coefficient (Wildman–Crippen LogP) is 4.13. The zero-order valence-electron chi connectivity index (χ0n) is 14.8. The lowest BCUT2D eigenvalue weighted by molar-refractivity contribution is 0.354. The van der Waals surface area contributed by atoms with E-state index in [1.165, 1.54) is 6.07 Å². The van der Waals surface area contributed by atoms with Gasteiger partial charge in [0.1, 0.15) is 5.82 Å². The van der Waals surface area contributed by atoms with Crippen LogP contribution in [0.4, 0.5) is 26.2 Å². The number of benzene rings is 2. The minimum absolute atomic E-state index is 0.386. The standard InChI is InChI=1S/C19H18F2N4O2/c1-26-16-6-3-12(9-17(16)27-2)11-23-19-22-8-7-18(25-19)24-13-4-5-14(20)15(21)10-13/h3-10H,11H2,1-2H3,(H2,22,23,24,25). The fourth-order valence-corrected chi connectivity index (χ4v) is 2.41. The Balaban J connectivity index is 1.68. The van der Waals surface area contributed by atoms with Gasteiger partial charge in [0.2, 0.25) is 5.95 Å². The SMILES string of the molecule is COc1ccc(CNc2nccc(Nc3ccc(F)c(F)c3)n2)cc1OC. The second-order valence-electron chi connectivity index (χ2n) is 5.56. The second-order valence-corrected chi connectivity index (χ2v) is 5.56. The lowest BCUT2D eigenvalue weighted by atomic mass is 10.2. The van der Waals surface area contributed by atoms with Crippen LogP contribution in [0, 0.1) is 11.6 Å². The zero-order valence-corrected chi connectivity index (χ0v) is 14.8. The van der Waals surface area contributed by atoms with Crippen LogP contribution in [0.2, 0.25) is 0 Å². The van der Waals surface area contributed by atoms with Gasteiger partial charge in [-0.25, -0.2) is 13.8 Å². The van der Waals surface area contributed by atoms with Crippen molar-refractivity contribution >= 4 is 17.5 Å². The van der Waals surface area contributed by atoms with Gasteiger partial charge in [0.05, 0.1) is 14.2 Å². The van der Waals surface area contributed by atoms with E-state index in [0.717, 1.165) is 17.7 Å². The Morgan fingerprint density at radius 3 is 2.48 bits per heavy atom. The van der Waals surface area contributed by atoms with E-state index in [1.807, 2.05) is 18.2 Å². The minimum atomic E-state index is -0.930. The van der Waals surface area contributed by atoms with Crippen LogP contribution in [0.5, 0.6) is 11.5 Å². The molecule has 3 rings (SSSR count). The second kappa shape index (κ2) is 8.31. The molecule has 2 N–H and O–H groups in total. The molecule has 3 aromatic rings. The third kappa shape index (κ3) is 4.60. The third-order valence-electron chi connectivity index (χ3n) is 3.75. The van der Waals surface area contributed by atoms with Crippen LogP contribution in [0.15, 0.2) is 48.7 Å². The van der Waals surface area contributed by atoms with E-state index >= 15 is 0 Å². The van der Waals surface area contributed by atoms with Crippen LogP contribution < -0.4 is 20.1 Å². The monoisotopic (exact) mass is 372 g/mol. The van der Waals surface area contributed by atoms with E-state index < -0.39 is 11.6 Å². The van der Waals surface area contributed by atoms with Gasteiger partial charge in [0.25, 0.3) is 0 Å². The number of ether oxygens (including phenoxy) is 2. The molecule has 0 aliphatic carbocycles. The van der Waals surface area contributed by atoms with E-state index in [9.17, 15) is 8.78 Å². The normalized spacial score (nSPS) is 10.4. The van der Waals surface area contributed by atoms with E-state index in [0.29, 0.717) is 35.5 Å². The summed E-state index contributed by atoms with van der Waals surface area (Å²) in [7, 11) is 3.15. The van der Waals surface area contributed by atoms with Gasteiger partial charge < -0.3 is 20.1 Å². The molecule has 0 unspecified atom stereocenters. The molecule has 0 radical (unpaired) electrons. The number of anilines is 3. The number of halogens is 2. The summed E-state index contributed by atoms with van der Waals surface area (Å²) in [6.45, 7) is 0.467. The Morgan fingerprint density at radius 2 is 1.74 bits per heavy atom. The van der Waals surface area contributed by atoms with Crippen molar-refractivity contribution in [1.29, 1.82) is 0 Å². The van der Waals surface area contributed by atoms with Crippen molar-refractivity contribution in [3.05, 3.63) is 65.9 Å². The maximum atomic E-state index is 13.3. The summed E-state index contributed by atoms with van der Waals surface area (Å²) in [6.07, 6.45) is 1.56. The average Bonchev–Trinajstić information content (AvgIpc) is 2.69. The molecule has 8 heteroatoms. The van der Waals surface area contributed by atoms with E-state index in [2.05, 4.69) is 20.6 Å². The molecule has 140 valence electrons. The van der Waals surface area contributed by atoms with Crippen molar-refractivity contribution in [2.75, 3.05) is 24.9 Å². The molecule has 1 heterocycles. The first-order chi connectivity index (χ1) is 13.1. The molecule has 0 amide bonds. The number of rotatable bonds is 7. The highest BCUT2D eigenvalue weighted by Gasteiger charge is 2.07. The highest BCUT2D eigenvalue weighted by atomic mass is 19.2. The van der Waals surface area contributed by atoms with Gasteiger partial charge in [-0.2, -0.15) is 4.98 Å². The fourth-order valence-electron chi connectivity index (χ4n) is 2.41. The lowest BCUT2D eigenvalue weighted by Crippen LogP contribution is -2.05. The van der Waals surface area contributed by atoms with Gasteiger partial charge in [-0.15, -0.1) is 0 Å². The van der Waals surface area contributed by atoms with Crippen LogP contribution in [-0.4, -0.2) is 24.2 Å². The molecule has 0 spiro atoms. The summed E-state index contributed by atoms with van der Waals surface area (Å²) in [5.74, 6) is 0.284. The van der Waals surface area contributed by atoms with Gasteiger partial charge in [0, 0.05) is 24.5 Å². The molecular weight excluding hydrogens is 354 g/mol. The van der Waals surface area contributed by atoms with Crippen molar-refractivity contribution in [2.24, 2.45) is 0 Å². The predicted molar refractivity (Wildman–Crippen MR) is 98.5 cm³/mol. The molecular formula is C19H18F2N4O2. The summed E-state index contributed by atoms with van der Waals surface area (Å²) in [5, 5.41) is 6.01. The maximum Gasteiger partial charge on any atom is 0.224 e. The molecule has 0 fully saturated rings. The summed E-state index contributed by atoms with van der Waals surface area (Å²) in [6, 6.07) is 10.7. The van der Waals surface area contributed by atoms with E-state index in [-0.39, 0.29) is 0 Å². The zero-order chi connectivity index (χ0) is 19.2. The molecule has 2 aromatic carbocycles. The van der Waals surface area contributed by atoms with Crippen molar-refractivity contribution in [2.45, 2.75) is 6.54 Å². The van der Waals surface area contributed by atoms with Crippen molar-refractivity contribution in [3.8, 4) is 11.5 Å². The Hall–Kier alpha value is -3.42. The van der Waals surface area contributed by atoms with E-state index in [1.54, 1.807) is 26.5 Å². The molecule has 6 nitrogen and oxygen atoms in total. The Kier molecular flexibility index (Phi) is 5.65. The molecule has 0 atom stereocenters. The molecule has 0 saturated heterocycles. The Labute approximate surface area is 155 Å². The first kappa shape index (κ1) is 18.4. The smallest absolute Gasteiger partial charge is 0.224 e. The summed E-state index contributed by atoms with van der Waals surface area (Å²) in [5.41, 5.74) is 1.34.